The molecule has 0 amide bonds. The van der Waals surface area contributed by atoms with E-state index in [0.717, 1.165) is 30.3 Å². The largest absolute Gasteiger partial charge is 0.293 e. The van der Waals surface area contributed by atoms with E-state index in [9.17, 15) is 22.0 Å². The molecule has 0 spiro atoms. The molecular weight excluding hydrogens is 286 g/mol. The van der Waals surface area contributed by atoms with Crippen LogP contribution in [0, 0.1) is 11.6 Å². The minimum Gasteiger partial charge on any atom is -0.293 e. The van der Waals surface area contributed by atoms with Crippen molar-refractivity contribution in [2.75, 3.05) is 5.75 Å². The Morgan fingerprint density at radius 3 is 2.15 bits per heavy atom. The highest BCUT2D eigenvalue weighted by Gasteiger charge is 2.22. The first-order valence-electron chi connectivity index (χ1n) is 5.66. The molecule has 0 saturated heterocycles. The number of hydrogen-bond acceptors (Lipinski definition) is 3. The SMILES string of the molecule is O=C(CS(=O)(=O)c1ccc(F)cc1)c1ccccc1F. The van der Waals surface area contributed by atoms with E-state index in [4.69, 9.17) is 0 Å². The first-order valence-corrected chi connectivity index (χ1v) is 7.31. The lowest BCUT2D eigenvalue weighted by Gasteiger charge is -2.05. The average molecular weight is 296 g/mol. The normalized spacial score (nSPS) is 11.3. The Morgan fingerprint density at radius 2 is 1.55 bits per heavy atom. The third-order valence-corrected chi connectivity index (χ3v) is 4.30. The number of sulfone groups is 1. The van der Waals surface area contributed by atoms with E-state index in [1.807, 2.05) is 0 Å². The van der Waals surface area contributed by atoms with E-state index >= 15 is 0 Å². The molecule has 20 heavy (non-hydrogen) atoms. The van der Waals surface area contributed by atoms with Gasteiger partial charge in [0, 0.05) is 0 Å². The molecule has 6 heteroatoms. The molecule has 0 bridgehead atoms. The third kappa shape index (κ3) is 3.08. The quantitative estimate of drug-likeness (QED) is 0.644. The van der Waals surface area contributed by atoms with Crippen molar-refractivity contribution in [2.24, 2.45) is 0 Å². The van der Waals surface area contributed by atoms with E-state index in [2.05, 4.69) is 0 Å². The summed E-state index contributed by atoms with van der Waals surface area (Å²) >= 11 is 0. The van der Waals surface area contributed by atoms with E-state index < -0.39 is 33.0 Å². The van der Waals surface area contributed by atoms with E-state index in [0.29, 0.717) is 0 Å². The van der Waals surface area contributed by atoms with Crippen LogP contribution in [-0.4, -0.2) is 20.0 Å². The van der Waals surface area contributed by atoms with Gasteiger partial charge in [0.15, 0.2) is 15.6 Å². The van der Waals surface area contributed by atoms with Crippen LogP contribution >= 0.6 is 0 Å². The topological polar surface area (TPSA) is 51.2 Å². The Hall–Kier alpha value is -2.08. The Morgan fingerprint density at radius 1 is 0.950 bits per heavy atom. The molecule has 0 aliphatic carbocycles. The summed E-state index contributed by atoms with van der Waals surface area (Å²) in [5, 5.41) is 0. The summed E-state index contributed by atoms with van der Waals surface area (Å²) in [6.45, 7) is 0. The van der Waals surface area contributed by atoms with Gasteiger partial charge in [-0.05, 0) is 36.4 Å². The number of Topliss-reactive ketones (excluding diaryl/α,β-unsaturated/α-hetero) is 1. The lowest BCUT2D eigenvalue weighted by molar-refractivity contribution is 0.101. The molecule has 2 aromatic carbocycles. The lowest BCUT2D eigenvalue weighted by Crippen LogP contribution is -2.17. The maximum Gasteiger partial charge on any atom is 0.185 e. The van der Waals surface area contributed by atoms with Crippen LogP contribution < -0.4 is 0 Å². The summed E-state index contributed by atoms with van der Waals surface area (Å²) < 4.78 is 50.1. The molecule has 104 valence electrons. The van der Waals surface area contributed by atoms with Gasteiger partial charge < -0.3 is 0 Å². The number of benzene rings is 2. The van der Waals surface area contributed by atoms with Gasteiger partial charge in [0.25, 0.3) is 0 Å². The zero-order valence-electron chi connectivity index (χ0n) is 10.2. The molecule has 0 aromatic heterocycles. The van der Waals surface area contributed by atoms with Crippen molar-refractivity contribution < 1.29 is 22.0 Å². The first kappa shape index (κ1) is 14.3. The van der Waals surface area contributed by atoms with Gasteiger partial charge in [0.1, 0.15) is 17.4 Å². The van der Waals surface area contributed by atoms with Gasteiger partial charge in [0.05, 0.1) is 10.5 Å². The fourth-order valence-corrected chi connectivity index (χ4v) is 2.88. The van der Waals surface area contributed by atoms with Crippen molar-refractivity contribution in [1.82, 2.24) is 0 Å². The Bertz CT molecular complexity index is 737. The smallest absolute Gasteiger partial charge is 0.185 e. The van der Waals surface area contributed by atoms with Crippen LogP contribution in [0.2, 0.25) is 0 Å². The summed E-state index contributed by atoms with van der Waals surface area (Å²) in [7, 11) is -3.92. The van der Waals surface area contributed by atoms with E-state index in [-0.39, 0.29) is 10.5 Å². The summed E-state index contributed by atoms with van der Waals surface area (Å²) in [6.07, 6.45) is 0. The predicted octanol–water partition coefficient (Wildman–Crippen LogP) is 2.62. The van der Waals surface area contributed by atoms with Crippen molar-refractivity contribution in [3.63, 3.8) is 0 Å². The highest BCUT2D eigenvalue weighted by atomic mass is 32.2. The summed E-state index contributed by atoms with van der Waals surface area (Å²) in [5.74, 6) is -3.05. The Kier molecular flexibility index (Phi) is 3.94. The van der Waals surface area contributed by atoms with Crippen molar-refractivity contribution in [1.29, 1.82) is 0 Å². The van der Waals surface area contributed by atoms with Crippen LogP contribution in [0.4, 0.5) is 8.78 Å². The molecule has 0 saturated carbocycles. The molecular formula is C14H10F2O3S. The molecule has 0 radical (unpaired) electrons. The van der Waals surface area contributed by atoms with Gasteiger partial charge in [-0.25, -0.2) is 17.2 Å². The predicted molar refractivity (Wildman–Crippen MR) is 69.2 cm³/mol. The number of carbonyl (C=O) groups is 1. The van der Waals surface area contributed by atoms with Gasteiger partial charge in [-0.2, -0.15) is 0 Å². The summed E-state index contributed by atoms with van der Waals surface area (Å²) in [4.78, 5) is 11.7. The molecule has 0 N–H and O–H groups in total. The maximum atomic E-state index is 13.4. The van der Waals surface area contributed by atoms with Crippen LogP contribution in [-0.2, 0) is 9.84 Å². The number of carbonyl (C=O) groups excluding carboxylic acids is 1. The molecule has 2 rings (SSSR count). The Labute approximate surface area is 114 Å². The van der Waals surface area contributed by atoms with Gasteiger partial charge in [0.2, 0.25) is 0 Å². The van der Waals surface area contributed by atoms with Gasteiger partial charge in [-0.1, -0.05) is 12.1 Å². The average Bonchev–Trinajstić information content (AvgIpc) is 2.39. The molecule has 0 atom stereocenters. The number of ketones is 1. The van der Waals surface area contributed by atoms with Crippen LogP contribution in [0.3, 0.4) is 0 Å². The first-order chi connectivity index (χ1) is 9.40. The molecule has 0 aliphatic rings. The van der Waals surface area contributed by atoms with Crippen molar-refractivity contribution >= 4 is 15.6 Å². The van der Waals surface area contributed by atoms with Crippen LogP contribution in [0.1, 0.15) is 10.4 Å². The van der Waals surface area contributed by atoms with Crippen molar-refractivity contribution in [2.45, 2.75) is 4.90 Å². The second kappa shape index (κ2) is 5.50. The summed E-state index contributed by atoms with van der Waals surface area (Å²) in [6, 6.07) is 9.26. The van der Waals surface area contributed by atoms with E-state index in [1.165, 1.54) is 18.2 Å². The fourth-order valence-electron chi connectivity index (χ4n) is 1.66. The standard InChI is InChI=1S/C14H10F2O3S/c15-10-5-7-11(8-6-10)20(18,19)9-14(17)12-3-1-2-4-13(12)16/h1-8H,9H2. The van der Waals surface area contributed by atoms with Gasteiger partial charge in [-0.15, -0.1) is 0 Å². The fraction of sp³-hybridized carbons (Fsp3) is 0.0714. The lowest BCUT2D eigenvalue weighted by atomic mass is 10.1. The molecule has 3 nitrogen and oxygen atoms in total. The minimum absolute atomic E-state index is 0.177. The highest BCUT2D eigenvalue weighted by Crippen LogP contribution is 2.15. The molecule has 0 heterocycles. The monoisotopic (exact) mass is 296 g/mol. The molecule has 0 unspecified atom stereocenters. The molecule has 0 fully saturated rings. The second-order valence-corrected chi connectivity index (χ2v) is 6.11. The maximum absolute atomic E-state index is 13.4. The number of halogens is 2. The van der Waals surface area contributed by atoms with Gasteiger partial charge >= 0.3 is 0 Å². The van der Waals surface area contributed by atoms with Crippen LogP contribution in [0.5, 0.6) is 0 Å². The zero-order chi connectivity index (χ0) is 14.8. The minimum atomic E-state index is -3.92. The van der Waals surface area contributed by atoms with E-state index in [1.54, 1.807) is 0 Å². The van der Waals surface area contributed by atoms with Crippen LogP contribution in [0.25, 0.3) is 0 Å². The third-order valence-electron chi connectivity index (χ3n) is 2.67. The second-order valence-electron chi connectivity index (χ2n) is 4.12. The number of hydrogen-bond donors (Lipinski definition) is 0. The van der Waals surface area contributed by atoms with Crippen molar-refractivity contribution in [3.8, 4) is 0 Å². The Balaban J connectivity index is 2.27. The molecule has 2 aromatic rings. The molecule has 0 aliphatic heterocycles. The highest BCUT2D eigenvalue weighted by molar-refractivity contribution is 7.92. The summed E-state index contributed by atoms with van der Waals surface area (Å²) in [5.41, 5.74) is -0.279. The number of rotatable bonds is 4. The van der Waals surface area contributed by atoms with Crippen molar-refractivity contribution in [3.05, 3.63) is 65.7 Å². The van der Waals surface area contributed by atoms with Crippen LogP contribution in [0.15, 0.2) is 53.4 Å². The van der Waals surface area contributed by atoms with Gasteiger partial charge in [-0.3, -0.25) is 4.79 Å². The zero-order valence-corrected chi connectivity index (χ0v) is 11.0.